The highest BCUT2D eigenvalue weighted by Crippen LogP contribution is 2.28. The van der Waals surface area contributed by atoms with Crippen LogP contribution < -0.4 is 5.56 Å². The van der Waals surface area contributed by atoms with Gasteiger partial charge in [0.05, 0.1) is 0 Å². The molecule has 0 atom stereocenters. The average molecular weight is 332 g/mol. The van der Waals surface area contributed by atoms with Gasteiger partial charge in [-0.25, -0.2) is 9.37 Å². The summed E-state index contributed by atoms with van der Waals surface area (Å²) in [6, 6.07) is 9.73. The van der Waals surface area contributed by atoms with Gasteiger partial charge in [-0.3, -0.25) is 9.20 Å². The van der Waals surface area contributed by atoms with E-state index in [1.54, 1.807) is 41.1 Å². The van der Waals surface area contributed by atoms with Crippen molar-refractivity contribution < 1.29 is 4.39 Å². The minimum absolute atomic E-state index is 0.00143. The molecule has 3 aromatic rings. The molecule has 1 aromatic carbocycles. The predicted molar refractivity (Wildman–Crippen MR) is 94.9 cm³/mol. The molecular formula is C21H17FN2O. The normalized spacial score (nSPS) is 14.0. The summed E-state index contributed by atoms with van der Waals surface area (Å²) in [7, 11) is 0. The molecule has 0 bridgehead atoms. The number of hydrogen-bond donors (Lipinski definition) is 0. The van der Waals surface area contributed by atoms with Crippen LogP contribution in [0.3, 0.4) is 0 Å². The van der Waals surface area contributed by atoms with E-state index in [1.807, 2.05) is 0 Å². The van der Waals surface area contributed by atoms with Gasteiger partial charge in [0.25, 0.3) is 5.56 Å². The predicted octanol–water partition coefficient (Wildman–Crippen LogP) is 3.58. The molecule has 0 spiro atoms. The van der Waals surface area contributed by atoms with Crippen molar-refractivity contribution in [2.24, 2.45) is 5.92 Å². The van der Waals surface area contributed by atoms with E-state index in [1.165, 1.54) is 31.4 Å². The van der Waals surface area contributed by atoms with Gasteiger partial charge >= 0.3 is 0 Å². The Bertz CT molecular complexity index is 1050. The lowest BCUT2D eigenvalue weighted by molar-refractivity contribution is 0.313. The fraction of sp³-hybridized carbons (Fsp3) is 0.238. The van der Waals surface area contributed by atoms with Crippen LogP contribution in [0, 0.1) is 23.6 Å². The van der Waals surface area contributed by atoms with Crippen molar-refractivity contribution in [1.29, 1.82) is 0 Å². The second kappa shape index (κ2) is 6.52. The minimum atomic E-state index is -0.308. The van der Waals surface area contributed by atoms with E-state index < -0.39 is 0 Å². The standard InChI is InChI=1S/C21H17FN2O/c22-19-6-2-5-16(12-19)7-8-17-9-10-24-20(13-17)23-14-18(21(24)25)11-15-3-1-4-15/h2,5-6,9-10,12-15H,1,3-4,11H2. The number of nitrogens with zero attached hydrogens (tertiary/aromatic N) is 2. The van der Waals surface area contributed by atoms with Crippen LogP contribution in [0.1, 0.15) is 36.0 Å². The summed E-state index contributed by atoms with van der Waals surface area (Å²) in [5.74, 6) is 6.24. The number of benzene rings is 1. The van der Waals surface area contributed by atoms with E-state index in [2.05, 4.69) is 16.8 Å². The molecule has 1 aliphatic carbocycles. The van der Waals surface area contributed by atoms with Crippen molar-refractivity contribution in [3.63, 3.8) is 0 Å². The highest BCUT2D eigenvalue weighted by Gasteiger charge is 2.19. The monoisotopic (exact) mass is 332 g/mol. The summed E-state index contributed by atoms with van der Waals surface area (Å²) in [6.45, 7) is 0. The summed E-state index contributed by atoms with van der Waals surface area (Å²) < 4.78 is 14.8. The van der Waals surface area contributed by atoms with Gasteiger partial charge < -0.3 is 0 Å². The highest BCUT2D eigenvalue weighted by atomic mass is 19.1. The van der Waals surface area contributed by atoms with Crippen molar-refractivity contribution in [3.05, 3.63) is 81.7 Å². The molecule has 0 aliphatic heterocycles. The summed E-state index contributed by atoms with van der Waals surface area (Å²) in [4.78, 5) is 17.0. The molecule has 1 saturated carbocycles. The van der Waals surface area contributed by atoms with Crippen molar-refractivity contribution in [3.8, 4) is 11.8 Å². The number of halogens is 1. The molecule has 1 fully saturated rings. The molecular weight excluding hydrogens is 315 g/mol. The Labute approximate surface area is 145 Å². The van der Waals surface area contributed by atoms with Gasteiger partial charge in [0.2, 0.25) is 0 Å². The Morgan fingerprint density at radius 3 is 2.68 bits per heavy atom. The number of pyridine rings is 1. The summed E-state index contributed by atoms with van der Waals surface area (Å²) in [5.41, 5.74) is 2.71. The van der Waals surface area contributed by atoms with Crippen LogP contribution in [0.15, 0.2) is 53.6 Å². The Morgan fingerprint density at radius 2 is 1.96 bits per heavy atom. The largest absolute Gasteiger partial charge is 0.269 e. The highest BCUT2D eigenvalue weighted by molar-refractivity contribution is 5.50. The minimum Gasteiger partial charge on any atom is -0.269 e. The zero-order valence-corrected chi connectivity index (χ0v) is 13.7. The first-order chi connectivity index (χ1) is 12.2. The third-order valence-corrected chi connectivity index (χ3v) is 4.69. The van der Waals surface area contributed by atoms with Gasteiger partial charge in [0, 0.05) is 29.1 Å². The lowest BCUT2D eigenvalue weighted by Gasteiger charge is -2.24. The molecule has 0 amide bonds. The van der Waals surface area contributed by atoms with E-state index in [0.717, 1.165) is 17.5 Å². The Kier molecular flexibility index (Phi) is 4.07. The zero-order valence-electron chi connectivity index (χ0n) is 13.7. The van der Waals surface area contributed by atoms with Gasteiger partial charge in [-0.15, -0.1) is 0 Å². The van der Waals surface area contributed by atoms with Crippen molar-refractivity contribution in [2.75, 3.05) is 0 Å². The molecule has 4 rings (SSSR count). The first-order valence-corrected chi connectivity index (χ1v) is 8.47. The maximum Gasteiger partial charge on any atom is 0.261 e. The van der Waals surface area contributed by atoms with Crippen molar-refractivity contribution >= 4 is 5.65 Å². The first-order valence-electron chi connectivity index (χ1n) is 8.47. The second-order valence-corrected chi connectivity index (χ2v) is 6.49. The van der Waals surface area contributed by atoms with Crippen molar-refractivity contribution in [2.45, 2.75) is 25.7 Å². The topological polar surface area (TPSA) is 34.4 Å². The fourth-order valence-electron chi connectivity index (χ4n) is 3.05. The molecule has 25 heavy (non-hydrogen) atoms. The molecule has 0 unspecified atom stereocenters. The Hall–Kier alpha value is -2.93. The molecule has 0 radical (unpaired) electrons. The average Bonchev–Trinajstić information content (AvgIpc) is 2.58. The van der Waals surface area contributed by atoms with Gasteiger partial charge in [-0.05, 0) is 42.7 Å². The zero-order chi connectivity index (χ0) is 17.2. The van der Waals surface area contributed by atoms with Crippen LogP contribution in [-0.2, 0) is 6.42 Å². The van der Waals surface area contributed by atoms with Crippen LogP contribution >= 0.6 is 0 Å². The van der Waals surface area contributed by atoms with Gasteiger partial charge in [0.1, 0.15) is 11.5 Å². The molecule has 4 heteroatoms. The maximum atomic E-state index is 13.2. The third kappa shape index (κ3) is 3.32. The second-order valence-electron chi connectivity index (χ2n) is 6.49. The summed E-state index contributed by atoms with van der Waals surface area (Å²) in [5, 5.41) is 0. The van der Waals surface area contributed by atoms with Gasteiger partial charge in [-0.2, -0.15) is 0 Å². The van der Waals surface area contributed by atoms with E-state index in [4.69, 9.17) is 0 Å². The van der Waals surface area contributed by atoms with Crippen LogP contribution in [0.25, 0.3) is 5.65 Å². The Morgan fingerprint density at radius 1 is 1.16 bits per heavy atom. The molecule has 0 saturated heterocycles. The third-order valence-electron chi connectivity index (χ3n) is 4.69. The van der Waals surface area contributed by atoms with Gasteiger partial charge in [0.15, 0.2) is 0 Å². The number of fused-ring (bicyclic) bond motifs is 1. The lowest BCUT2D eigenvalue weighted by Crippen LogP contribution is -2.23. The first kappa shape index (κ1) is 15.6. The van der Waals surface area contributed by atoms with E-state index in [-0.39, 0.29) is 11.4 Å². The van der Waals surface area contributed by atoms with Crippen LogP contribution in [0.2, 0.25) is 0 Å². The van der Waals surface area contributed by atoms with Crippen LogP contribution in [-0.4, -0.2) is 9.38 Å². The van der Waals surface area contributed by atoms with E-state index in [0.29, 0.717) is 17.1 Å². The lowest BCUT2D eigenvalue weighted by atomic mass is 9.81. The molecule has 1 aliphatic rings. The summed E-state index contributed by atoms with van der Waals surface area (Å²) in [6.07, 6.45) is 7.90. The molecule has 0 N–H and O–H groups in total. The maximum absolute atomic E-state index is 13.2. The summed E-state index contributed by atoms with van der Waals surface area (Å²) >= 11 is 0. The molecule has 124 valence electrons. The Balaban J connectivity index is 1.64. The van der Waals surface area contributed by atoms with E-state index >= 15 is 0 Å². The SMILES string of the molecule is O=c1c(CC2CCC2)cnc2cc(C#Cc3cccc(F)c3)ccn12. The van der Waals surface area contributed by atoms with Crippen molar-refractivity contribution in [1.82, 2.24) is 9.38 Å². The fourth-order valence-corrected chi connectivity index (χ4v) is 3.05. The smallest absolute Gasteiger partial charge is 0.261 e. The van der Waals surface area contributed by atoms with Gasteiger partial charge in [-0.1, -0.05) is 37.2 Å². The quantitative estimate of drug-likeness (QED) is 0.672. The molecule has 3 nitrogen and oxygen atoms in total. The molecule has 2 aromatic heterocycles. The number of hydrogen-bond acceptors (Lipinski definition) is 2. The number of rotatable bonds is 2. The number of aromatic nitrogens is 2. The molecule has 2 heterocycles. The van der Waals surface area contributed by atoms with Crippen LogP contribution in [0.4, 0.5) is 4.39 Å². The van der Waals surface area contributed by atoms with E-state index in [9.17, 15) is 9.18 Å². The van der Waals surface area contributed by atoms with Crippen LogP contribution in [0.5, 0.6) is 0 Å².